The van der Waals surface area contributed by atoms with Crippen LogP contribution in [0.25, 0.3) is 0 Å². The van der Waals surface area contributed by atoms with Crippen LogP contribution in [0, 0.1) is 0 Å². The number of aromatic nitrogens is 1. The van der Waals surface area contributed by atoms with Gasteiger partial charge in [0.2, 0.25) is 0 Å². The molecule has 140 valence electrons. The molecule has 1 aliphatic heterocycles. The summed E-state index contributed by atoms with van der Waals surface area (Å²) in [6.07, 6.45) is 5.30. The van der Waals surface area contributed by atoms with Gasteiger partial charge in [-0.3, -0.25) is 4.72 Å². The van der Waals surface area contributed by atoms with Crippen LogP contribution >= 0.6 is 0 Å². The van der Waals surface area contributed by atoms with Gasteiger partial charge in [-0.05, 0) is 43.5 Å². The molecule has 0 atom stereocenters. The molecular weight excluding hydrogens is 354 g/mol. The highest BCUT2D eigenvalue weighted by Crippen LogP contribution is 2.29. The Bertz CT molecular complexity index is 847. The molecule has 1 N–H and O–H groups in total. The van der Waals surface area contributed by atoms with E-state index in [2.05, 4.69) is 14.6 Å². The van der Waals surface area contributed by atoms with Crippen molar-refractivity contribution in [2.45, 2.75) is 24.2 Å². The molecule has 7 nitrogen and oxygen atoms in total. The molecule has 0 spiro atoms. The van der Waals surface area contributed by atoms with Gasteiger partial charge in [-0.25, -0.2) is 13.4 Å². The maximum absolute atomic E-state index is 12.7. The summed E-state index contributed by atoms with van der Waals surface area (Å²) in [6.45, 7) is 2.02. The first kappa shape index (κ1) is 18.3. The summed E-state index contributed by atoms with van der Waals surface area (Å²) >= 11 is 0. The number of piperidine rings is 1. The van der Waals surface area contributed by atoms with Gasteiger partial charge < -0.3 is 14.4 Å². The summed E-state index contributed by atoms with van der Waals surface area (Å²) < 4.78 is 38.3. The smallest absolute Gasteiger partial charge is 0.266 e. The number of nitrogens with zero attached hydrogens (tertiary/aromatic N) is 2. The van der Waals surface area contributed by atoms with Gasteiger partial charge in [0.25, 0.3) is 10.0 Å². The fourth-order valence-electron chi connectivity index (χ4n) is 2.97. The molecule has 1 saturated heterocycles. The molecule has 0 aliphatic carbocycles. The zero-order valence-electron chi connectivity index (χ0n) is 14.9. The van der Waals surface area contributed by atoms with Crippen molar-refractivity contribution in [2.24, 2.45) is 0 Å². The largest absolute Gasteiger partial charge is 0.497 e. The average Bonchev–Trinajstić information content (AvgIpc) is 2.68. The zero-order valence-corrected chi connectivity index (χ0v) is 15.8. The number of methoxy groups -OCH3 is 2. The van der Waals surface area contributed by atoms with Gasteiger partial charge in [0.15, 0.2) is 0 Å². The molecule has 0 unspecified atom stereocenters. The lowest BCUT2D eigenvalue weighted by molar-refractivity contribution is 0.392. The number of hydrogen-bond donors (Lipinski definition) is 1. The standard InChI is InChI=1S/C18H23N3O4S/c1-24-15-7-8-16(25-2)17(12-15)26(22,23)20-18-9-6-14(13-19-18)21-10-4-3-5-11-21/h6-9,12-13H,3-5,10-11H2,1-2H3,(H,19,20). The van der Waals surface area contributed by atoms with Crippen LogP contribution in [0.2, 0.25) is 0 Å². The lowest BCUT2D eigenvalue weighted by Gasteiger charge is -2.28. The van der Waals surface area contributed by atoms with Crippen LogP contribution in [0.1, 0.15) is 19.3 Å². The van der Waals surface area contributed by atoms with Crippen LogP contribution < -0.4 is 19.1 Å². The van der Waals surface area contributed by atoms with Crippen molar-refractivity contribution in [2.75, 3.05) is 36.9 Å². The van der Waals surface area contributed by atoms with Crippen LogP contribution in [-0.2, 0) is 10.0 Å². The van der Waals surface area contributed by atoms with Crippen LogP contribution in [0.5, 0.6) is 11.5 Å². The Hall–Kier alpha value is -2.48. The minimum Gasteiger partial charge on any atom is -0.497 e. The first-order chi connectivity index (χ1) is 12.5. The number of rotatable bonds is 6. The number of hydrogen-bond acceptors (Lipinski definition) is 6. The Morgan fingerprint density at radius 2 is 1.81 bits per heavy atom. The average molecular weight is 377 g/mol. The van der Waals surface area contributed by atoms with E-state index in [-0.39, 0.29) is 16.5 Å². The molecule has 1 aromatic carbocycles. The van der Waals surface area contributed by atoms with E-state index in [1.54, 1.807) is 24.4 Å². The van der Waals surface area contributed by atoms with E-state index < -0.39 is 10.0 Å². The Kier molecular flexibility index (Phi) is 5.51. The van der Waals surface area contributed by atoms with Crippen molar-refractivity contribution in [3.63, 3.8) is 0 Å². The normalized spacial score (nSPS) is 14.8. The molecule has 0 bridgehead atoms. The topological polar surface area (TPSA) is 80.8 Å². The van der Waals surface area contributed by atoms with E-state index >= 15 is 0 Å². The summed E-state index contributed by atoms with van der Waals surface area (Å²) in [4.78, 5) is 6.52. The highest BCUT2D eigenvalue weighted by molar-refractivity contribution is 7.92. The van der Waals surface area contributed by atoms with Crippen molar-refractivity contribution in [3.05, 3.63) is 36.5 Å². The van der Waals surface area contributed by atoms with Crippen molar-refractivity contribution >= 4 is 21.5 Å². The lowest BCUT2D eigenvalue weighted by atomic mass is 10.1. The van der Waals surface area contributed by atoms with Crippen molar-refractivity contribution in [3.8, 4) is 11.5 Å². The maximum Gasteiger partial charge on any atom is 0.266 e. The van der Waals surface area contributed by atoms with Crippen LogP contribution in [0.3, 0.4) is 0 Å². The molecule has 1 aliphatic rings. The molecule has 2 aromatic rings. The van der Waals surface area contributed by atoms with E-state index in [0.29, 0.717) is 5.75 Å². The minimum absolute atomic E-state index is 0.00116. The van der Waals surface area contributed by atoms with Crippen molar-refractivity contribution in [1.82, 2.24) is 4.98 Å². The number of nitrogens with one attached hydrogen (secondary N) is 1. The molecular formula is C18H23N3O4S. The molecule has 26 heavy (non-hydrogen) atoms. The highest BCUT2D eigenvalue weighted by atomic mass is 32.2. The molecule has 0 radical (unpaired) electrons. The molecule has 3 rings (SSSR count). The van der Waals surface area contributed by atoms with Gasteiger partial charge in [-0.15, -0.1) is 0 Å². The molecule has 1 fully saturated rings. The predicted molar refractivity (Wildman–Crippen MR) is 101 cm³/mol. The molecule has 2 heterocycles. The summed E-state index contributed by atoms with van der Waals surface area (Å²) in [5.74, 6) is 0.929. The summed E-state index contributed by atoms with van der Waals surface area (Å²) in [5.41, 5.74) is 1.01. The second-order valence-corrected chi connectivity index (χ2v) is 7.72. The van der Waals surface area contributed by atoms with E-state index in [9.17, 15) is 8.42 Å². The fourth-order valence-corrected chi connectivity index (χ4v) is 4.17. The first-order valence-electron chi connectivity index (χ1n) is 8.49. The van der Waals surface area contributed by atoms with E-state index in [0.717, 1.165) is 18.8 Å². The third kappa shape index (κ3) is 4.01. The van der Waals surface area contributed by atoms with Gasteiger partial charge in [0.1, 0.15) is 22.2 Å². The van der Waals surface area contributed by atoms with Crippen LogP contribution in [0.4, 0.5) is 11.5 Å². The third-order valence-corrected chi connectivity index (χ3v) is 5.74. The van der Waals surface area contributed by atoms with Crippen LogP contribution in [-0.4, -0.2) is 40.7 Å². The Morgan fingerprint density at radius 1 is 1.04 bits per heavy atom. The van der Waals surface area contributed by atoms with Gasteiger partial charge in [0, 0.05) is 19.2 Å². The maximum atomic E-state index is 12.7. The van der Waals surface area contributed by atoms with E-state index in [1.807, 2.05) is 6.07 Å². The lowest BCUT2D eigenvalue weighted by Crippen LogP contribution is -2.29. The molecule has 0 amide bonds. The third-order valence-electron chi connectivity index (χ3n) is 4.37. The molecule has 8 heteroatoms. The van der Waals surface area contributed by atoms with Gasteiger partial charge in [-0.2, -0.15) is 0 Å². The SMILES string of the molecule is COc1ccc(OC)c(S(=O)(=O)Nc2ccc(N3CCCCC3)cn2)c1. The molecule has 0 saturated carbocycles. The minimum atomic E-state index is -3.86. The second-order valence-electron chi connectivity index (χ2n) is 6.07. The van der Waals surface area contributed by atoms with Crippen molar-refractivity contribution in [1.29, 1.82) is 0 Å². The zero-order chi connectivity index (χ0) is 18.6. The number of benzene rings is 1. The van der Waals surface area contributed by atoms with Crippen molar-refractivity contribution < 1.29 is 17.9 Å². The van der Waals surface area contributed by atoms with Crippen LogP contribution in [0.15, 0.2) is 41.4 Å². The van der Waals surface area contributed by atoms with E-state index in [1.165, 1.54) is 39.5 Å². The predicted octanol–water partition coefficient (Wildman–Crippen LogP) is 2.89. The number of ether oxygens (including phenoxy) is 2. The molecule has 1 aromatic heterocycles. The first-order valence-corrected chi connectivity index (χ1v) is 9.97. The van der Waals surface area contributed by atoms with Gasteiger partial charge in [0.05, 0.1) is 26.1 Å². The Morgan fingerprint density at radius 3 is 2.42 bits per heavy atom. The number of sulfonamides is 1. The highest BCUT2D eigenvalue weighted by Gasteiger charge is 2.21. The van der Waals surface area contributed by atoms with Gasteiger partial charge >= 0.3 is 0 Å². The number of anilines is 2. The fraction of sp³-hybridized carbons (Fsp3) is 0.389. The van der Waals surface area contributed by atoms with Gasteiger partial charge in [-0.1, -0.05) is 0 Å². The Balaban J connectivity index is 1.81. The summed E-state index contributed by atoms with van der Waals surface area (Å²) in [7, 11) is -0.956. The number of pyridine rings is 1. The second kappa shape index (κ2) is 7.82. The monoisotopic (exact) mass is 377 g/mol. The quantitative estimate of drug-likeness (QED) is 0.834. The summed E-state index contributed by atoms with van der Waals surface area (Å²) in [6, 6.07) is 8.18. The summed E-state index contributed by atoms with van der Waals surface area (Å²) in [5, 5.41) is 0. The Labute approximate surface area is 154 Å². The van der Waals surface area contributed by atoms with E-state index in [4.69, 9.17) is 9.47 Å².